The molecular formula is C76H131NO18. The van der Waals surface area contributed by atoms with Crippen LogP contribution in [-0.4, -0.2) is 193 Å². The Morgan fingerprint density at radius 1 is 0.389 bits per heavy atom. The van der Waals surface area contributed by atoms with E-state index in [1.54, 1.807) is 0 Å². The van der Waals surface area contributed by atoms with Crippen LogP contribution in [0.3, 0.4) is 0 Å². The van der Waals surface area contributed by atoms with E-state index in [2.05, 4.69) is 116 Å². The van der Waals surface area contributed by atoms with Crippen LogP contribution in [0.25, 0.3) is 0 Å². The fraction of sp³-hybridized carbons (Fsp3) is 0.776. The molecule has 17 atom stereocenters. The zero-order valence-electron chi connectivity index (χ0n) is 58.1. The third kappa shape index (κ3) is 37.6. The summed E-state index contributed by atoms with van der Waals surface area (Å²) in [5.41, 5.74) is 0. The number of allylic oxidation sites excluding steroid dienone is 16. The molecule has 0 spiro atoms. The number of nitrogens with one attached hydrogen (secondary N) is 1. The second kappa shape index (κ2) is 56.5. The molecule has 95 heavy (non-hydrogen) atoms. The zero-order chi connectivity index (χ0) is 68.9. The molecule has 3 saturated heterocycles. The van der Waals surface area contributed by atoms with E-state index in [1.807, 2.05) is 0 Å². The second-order valence-electron chi connectivity index (χ2n) is 26.0. The molecule has 0 aliphatic carbocycles. The van der Waals surface area contributed by atoms with Crippen molar-refractivity contribution in [2.24, 2.45) is 0 Å². The number of amides is 1. The van der Waals surface area contributed by atoms with Crippen molar-refractivity contribution in [3.8, 4) is 0 Å². The van der Waals surface area contributed by atoms with Gasteiger partial charge in [-0.15, -0.1) is 0 Å². The molecular weight excluding hydrogens is 1210 g/mol. The third-order valence-corrected chi connectivity index (χ3v) is 17.9. The van der Waals surface area contributed by atoms with Crippen LogP contribution in [0.4, 0.5) is 0 Å². The Bertz CT molecular complexity index is 2100. The maximum Gasteiger partial charge on any atom is 0.220 e. The standard InChI is InChI=1S/C76H131NO18/c1-3-5-7-9-11-13-14-15-16-17-18-19-20-21-22-23-24-25-26-27-28-29-30-31-32-33-34-35-36-37-38-39-40-41-42-43-44-46-48-50-52-54-64(82)77-59(60(81)53-51-49-47-45-12-10-8-6-4-2)58-90-74-70(88)67(85)72(62(56-79)92-74)95-76-71(89)68(86)73(63(57-80)93-76)94-75-69(87)66(84)65(83)61(55-78)91-75/h5,7,11,13,15-16,18-19,21-22,24-25,27-28,30-31,59-63,65-76,78-81,83-89H,3-4,6,8-10,12,14,17,20,23,26,29,32-58H2,1-2H3,(H,77,82)/b7-5-,13-11-,16-15-,19-18-,22-21-,25-24-,28-27-,31-30-. The Morgan fingerprint density at radius 3 is 1.14 bits per heavy atom. The minimum Gasteiger partial charge on any atom is -0.394 e. The van der Waals surface area contributed by atoms with E-state index >= 15 is 0 Å². The van der Waals surface area contributed by atoms with Crippen molar-refractivity contribution in [1.29, 1.82) is 0 Å². The molecule has 0 aromatic carbocycles. The third-order valence-electron chi connectivity index (χ3n) is 17.9. The van der Waals surface area contributed by atoms with Gasteiger partial charge in [-0.25, -0.2) is 0 Å². The summed E-state index contributed by atoms with van der Waals surface area (Å²) in [6.45, 7) is 1.64. The summed E-state index contributed by atoms with van der Waals surface area (Å²) < 4.78 is 34.3. The average molecular weight is 1350 g/mol. The van der Waals surface area contributed by atoms with Crippen molar-refractivity contribution in [3.63, 3.8) is 0 Å². The van der Waals surface area contributed by atoms with Gasteiger partial charge in [-0.05, 0) is 77.0 Å². The van der Waals surface area contributed by atoms with Gasteiger partial charge in [0, 0.05) is 6.42 Å². The van der Waals surface area contributed by atoms with Crippen molar-refractivity contribution in [2.45, 2.75) is 349 Å². The van der Waals surface area contributed by atoms with Gasteiger partial charge in [0.2, 0.25) is 5.91 Å². The SMILES string of the molecule is CC/C=C\C/C=C\C/C=C\C/C=C\C/C=C\C/C=C\C/C=C\C/C=C\CCCCCCCCCCCCCCCCCCC(=O)NC(COC1OC(CO)C(OC2OC(CO)C(OC3OC(CO)C(O)C(O)C3O)C(O)C2O)C(O)C1O)C(O)CCCCCCCCCCC. The predicted molar refractivity (Wildman–Crippen MR) is 374 cm³/mol. The summed E-state index contributed by atoms with van der Waals surface area (Å²) in [6, 6.07) is -0.889. The van der Waals surface area contributed by atoms with Crippen molar-refractivity contribution >= 4 is 5.91 Å². The van der Waals surface area contributed by atoms with Crippen LogP contribution in [0.1, 0.15) is 245 Å². The first-order valence-corrected chi connectivity index (χ1v) is 37.0. The molecule has 0 aromatic heterocycles. The van der Waals surface area contributed by atoms with Crippen molar-refractivity contribution in [1.82, 2.24) is 5.32 Å². The zero-order valence-corrected chi connectivity index (χ0v) is 58.1. The van der Waals surface area contributed by atoms with E-state index in [0.717, 1.165) is 96.3 Å². The van der Waals surface area contributed by atoms with Gasteiger partial charge >= 0.3 is 0 Å². The Balaban J connectivity index is 1.26. The number of aliphatic hydroxyl groups excluding tert-OH is 11. The number of aliphatic hydroxyl groups is 11. The van der Waals surface area contributed by atoms with Crippen LogP contribution in [0, 0.1) is 0 Å². The Labute approximate surface area is 571 Å². The lowest BCUT2D eigenvalue weighted by Gasteiger charge is -2.48. The molecule has 0 radical (unpaired) electrons. The van der Waals surface area contributed by atoms with E-state index in [-0.39, 0.29) is 18.9 Å². The van der Waals surface area contributed by atoms with Crippen molar-refractivity contribution < 1.29 is 89.4 Å². The lowest BCUT2D eigenvalue weighted by atomic mass is 9.96. The summed E-state index contributed by atoms with van der Waals surface area (Å²) in [5.74, 6) is -0.247. The molecule has 19 nitrogen and oxygen atoms in total. The first kappa shape index (κ1) is 85.9. The Morgan fingerprint density at radius 2 is 0.726 bits per heavy atom. The maximum absolute atomic E-state index is 13.4. The number of ether oxygens (including phenoxy) is 6. The first-order valence-electron chi connectivity index (χ1n) is 37.0. The first-order chi connectivity index (χ1) is 46.3. The fourth-order valence-corrected chi connectivity index (χ4v) is 12.0. The molecule has 12 N–H and O–H groups in total. The van der Waals surface area contributed by atoms with Crippen LogP contribution in [0.5, 0.6) is 0 Å². The van der Waals surface area contributed by atoms with Crippen molar-refractivity contribution in [3.05, 3.63) is 97.2 Å². The maximum atomic E-state index is 13.4. The number of hydrogen-bond acceptors (Lipinski definition) is 18. The van der Waals surface area contributed by atoms with Gasteiger partial charge in [0.25, 0.3) is 0 Å². The van der Waals surface area contributed by atoms with Gasteiger partial charge in [0.05, 0.1) is 38.6 Å². The van der Waals surface area contributed by atoms with E-state index in [0.29, 0.717) is 12.8 Å². The molecule has 19 heteroatoms. The highest BCUT2D eigenvalue weighted by atomic mass is 16.8. The largest absolute Gasteiger partial charge is 0.394 e. The van der Waals surface area contributed by atoms with Gasteiger partial charge in [-0.2, -0.15) is 0 Å². The fourth-order valence-electron chi connectivity index (χ4n) is 12.0. The minimum absolute atomic E-state index is 0.247. The highest BCUT2D eigenvalue weighted by molar-refractivity contribution is 5.76. The van der Waals surface area contributed by atoms with E-state index in [9.17, 15) is 61.0 Å². The number of unbranched alkanes of at least 4 members (excludes halogenated alkanes) is 24. The van der Waals surface area contributed by atoms with Crippen LogP contribution < -0.4 is 5.32 Å². The van der Waals surface area contributed by atoms with E-state index in [4.69, 9.17) is 28.4 Å². The summed E-state index contributed by atoms with van der Waals surface area (Å²) in [7, 11) is 0. The topological polar surface area (TPSA) is 307 Å². The Hall–Kier alpha value is -3.29. The highest BCUT2D eigenvalue weighted by Gasteiger charge is 2.53. The molecule has 3 aliphatic rings. The minimum atomic E-state index is -1.97. The second-order valence-corrected chi connectivity index (χ2v) is 26.0. The van der Waals surface area contributed by atoms with Gasteiger partial charge in [-0.3, -0.25) is 4.79 Å². The molecule has 3 heterocycles. The highest BCUT2D eigenvalue weighted by Crippen LogP contribution is 2.33. The van der Waals surface area contributed by atoms with Crippen LogP contribution >= 0.6 is 0 Å². The Kier molecular flexibility index (Phi) is 51.1. The molecule has 0 saturated carbocycles. The van der Waals surface area contributed by atoms with Gasteiger partial charge < -0.3 is 89.9 Å². The van der Waals surface area contributed by atoms with Gasteiger partial charge in [-0.1, -0.05) is 259 Å². The number of hydrogen-bond donors (Lipinski definition) is 12. The van der Waals surface area contributed by atoms with Crippen LogP contribution in [-0.2, 0) is 33.2 Å². The quantitative estimate of drug-likeness (QED) is 0.0199. The summed E-state index contributed by atoms with van der Waals surface area (Å²) in [5, 5.41) is 120. The number of rotatable bonds is 56. The summed E-state index contributed by atoms with van der Waals surface area (Å²) in [6.07, 6.45) is 48.2. The number of carbonyl (C=O) groups is 1. The summed E-state index contributed by atoms with van der Waals surface area (Å²) >= 11 is 0. The molecule has 17 unspecified atom stereocenters. The smallest absolute Gasteiger partial charge is 0.220 e. The molecule has 3 aliphatic heterocycles. The predicted octanol–water partition coefficient (Wildman–Crippen LogP) is 10.8. The molecule has 3 fully saturated rings. The van der Waals surface area contributed by atoms with Crippen LogP contribution in [0.15, 0.2) is 97.2 Å². The van der Waals surface area contributed by atoms with Crippen LogP contribution in [0.2, 0.25) is 0 Å². The van der Waals surface area contributed by atoms with Crippen molar-refractivity contribution in [2.75, 3.05) is 26.4 Å². The molecule has 3 rings (SSSR count). The lowest BCUT2D eigenvalue weighted by molar-refractivity contribution is -0.379. The average Bonchev–Trinajstić information content (AvgIpc) is 0.797. The summed E-state index contributed by atoms with van der Waals surface area (Å²) in [4.78, 5) is 13.4. The number of carbonyl (C=O) groups excluding carboxylic acids is 1. The molecule has 0 bridgehead atoms. The molecule has 1 amide bonds. The van der Waals surface area contributed by atoms with E-state index < -0.39 is 124 Å². The molecule has 548 valence electrons. The van der Waals surface area contributed by atoms with Gasteiger partial charge in [0.1, 0.15) is 73.2 Å². The monoisotopic (exact) mass is 1350 g/mol. The lowest BCUT2D eigenvalue weighted by Crippen LogP contribution is -2.66. The van der Waals surface area contributed by atoms with E-state index in [1.165, 1.54) is 116 Å². The molecule has 0 aromatic rings. The van der Waals surface area contributed by atoms with Gasteiger partial charge in [0.15, 0.2) is 18.9 Å². The normalized spacial score (nSPS) is 27.8.